The summed E-state index contributed by atoms with van der Waals surface area (Å²) in [7, 11) is 0. The van der Waals surface area contributed by atoms with Gasteiger partial charge in [-0.1, -0.05) is 0 Å². The molecule has 0 N–H and O–H groups in total. The average Bonchev–Trinajstić information content (AvgIpc) is 2.57. The molecule has 0 spiro atoms. The molecule has 0 saturated heterocycles. The van der Waals surface area contributed by atoms with Crippen molar-refractivity contribution in [2.75, 3.05) is 0 Å². The van der Waals surface area contributed by atoms with E-state index in [9.17, 15) is 0 Å². The minimum atomic E-state index is 1.36. The van der Waals surface area contributed by atoms with E-state index in [2.05, 4.69) is 76.3 Å². The summed E-state index contributed by atoms with van der Waals surface area (Å²) in [6, 6.07) is 10.4. The fourth-order valence-corrected chi connectivity index (χ4v) is 1.68. The van der Waals surface area contributed by atoms with Gasteiger partial charge in [-0.15, -0.1) is 0 Å². The molecule has 1 aromatic rings. The molecular weight excluding hydrogens is 339 g/mol. The topological polar surface area (TPSA) is 99.5 Å². The van der Waals surface area contributed by atoms with Crippen LogP contribution in [0.2, 0.25) is 0 Å². The second kappa shape index (κ2) is 56.5. The summed E-state index contributed by atoms with van der Waals surface area (Å²) in [5.74, 6) is 0. The van der Waals surface area contributed by atoms with Gasteiger partial charge in [0.1, 0.15) is 0 Å². The summed E-state index contributed by atoms with van der Waals surface area (Å²) < 4.78 is 37.5. The van der Waals surface area contributed by atoms with Crippen LogP contribution in [0.1, 0.15) is 0 Å². The van der Waals surface area contributed by atoms with E-state index in [1.807, 2.05) is 6.07 Å². The van der Waals surface area contributed by atoms with Gasteiger partial charge in [-0.25, -0.2) is 0 Å². The third-order valence-electron chi connectivity index (χ3n) is 0.862. The second-order valence-corrected chi connectivity index (χ2v) is 3.47. The molecule has 0 aliphatic heterocycles. The van der Waals surface area contributed by atoms with Crippen LogP contribution in [-0.4, -0.2) is 0 Å². The summed E-state index contributed by atoms with van der Waals surface area (Å²) in [4.78, 5) is 0. The van der Waals surface area contributed by atoms with Crippen LogP contribution >= 0.6 is 6.21 Å². The molecule has 0 saturated carbocycles. The Bertz CT molecular complexity index is 318. The van der Waals surface area contributed by atoms with Crippen LogP contribution < -0.4 is 5.30 Å². The van der Waals surface area contributed by atoms with Crippen LogP contribution in [-0.2, 0) is 42.1 Å². The van der Waals surface area contributed by atoms with Crippen LogP contribution in [0.3, 0.4) is 0 Å². The van der Waals surface area contributed by atoms with Crippen molar-refractivity contribution in [1.82, 2.24) is 0 Å². The molecule has 7 heteroatoms. The third-order valence-corrected chi connectivity index (χ3v) is 2.93. The Morgan fingerprint density at radius 1 is 0.667 bits per heavy atom. The Morgan fingerprint density at radius 3 is 1.11 bits per heavy atom. The zero-order valence-electron chi connectivity index (χ0n) is 8.78. The zero-order valence-corrected chi connectivity index (χ0v) is 11.7. The molecule has 1 aromatic carbocycles. The van der Waals surface area contributed by atoms with Crippen LogP contribution in [0.4, 0.5) is 0 Å². The molecule has 5 nitrogen and oxygen atoms in total. The average molecular weight is 344 g/mol. The molecule has 0 aromatic heterocycles. The van der Waals surface area contributed by atoms with E-state index in [0.29, 0.717) is 0 Å². The SMILES string of the molecule is [C-]#[O+].[C-]#[O+].[C-]#[O+].[C-]#[O+].[C-]#[O+].[Mo]=[P]c1ccccc1. The number of rotatable bonds is 1. The van der Waals surface area contributed by atoms with Gasteiger partial charge in [-0.05, 0) is 0 Å². The number of hydrogen-bond donors (Lipinski definition) is 0. The Kier molecular flexibility index (Phi) is 94.8. The molecule has 18 heavy (non-hydrogen) atoms. The van der Waals surface area contributed by atoms with E-state index >= 15 is 0 Å². The Hall–Kier alpha value is -1.09. The quantitative estimate of drug-likeness (QED) is 0.319. The summed E-state index contributed by atoms with van der Waals surface area (Å²) >= 11 is 2.07. The summed E-state index contributed by atoms with van der Waals surface area (Å²) in [6.45, 7) is 22.5. The van der Waals surface area contributed by atoms with E-state index in [4.69, 9.17) is 23.3 Å². The summed E-state index contributed by atoms with van der Waals surface area (Å²) in [6.07, 6.45) is 1.36. The van der Waals surface area contributed by atoms with Crippen LogP contribution in [0, 0.1) is 33.3 Å². The van der Waals surface area contributed by atoms with Crippen molar-refractivity contribution in [3.05, 3.63) is 63.6 Å². The van der Waals surface area contributed by atoms with E-state index in [1.165, 1.54) is 11.5 Å². The number of hydrogen-bond acceptors (Lipinski definition) is 0. The molecule has 0 amide bonds. The number of benzene rings is 1. The van der Waals surface area contributed by atoms with Crippen molar-refractivity contribution in [1.29, 1.82) is 0 Å². The first kappa shape index (κ1) is 30.2. The van der Waals surface area contributed by atoms with E-state index in [-0.39, 0.29) is 0 Å². The molecule has 0 aliphatic carbocycles. The molecule has 0 heterocycles. The van der Waals surface area contributed by atoms with Crippen LogP contribution in [0.5, 0.6) is 0 Å². The predicted octanol–water partition coefficient (Wildman–Crippen LogP) is 1.53. The monoisotopic (exact) mass is 346 g/mol. The molecule has 90 valence electrons. The van der Waals surface area contributed by atoms with Crippen LogP contribution in [0.25, 0.3) is 0 Å². The molecular formula is C11H5MoO5P. The van der Waals surface area contributed by atoms with Gasteiger partial charge in [-0.3, -0.25) is 0 Å². The first-order valence-corrected chi connectivity index (χ1v) is 6.84. The second-order valence-electron chi connectivity index (χ2n) is 1.43. The van der Waals surface area contributed by atoms with Gasteiger partial charge in [0.25, 0.3) is 0 Å². The summed E-state index contributed by atoms with van der Waals surface area (Å²) in [5, 5.41) is 1.39. The van der Waals surface area contributed by atoms with E-state index in [1.54, 1.807) is 0 Å². The van der Waals surface area contributed by atoms with Gasteiger partial charge in [0, 0.05) is 0 Å². The maximum atomic E-state index is 7.50. The summed E-state index contributed by atoms with van der Waals surface area (Å²) in [5.41, 5.74) is 0. The van der Waals surface area contributed by atoms with Crippen molar-refractivity contribution in [2.24, 2.45) is 0 Å². The Labute approximate surface area is 117 Å². The Morgan fingerprint density at radius 2 is 0.944 bits per heavy atom. The van der Waals surface area contributed by atoms with E-state index in [0.717, 1.165) is 0 Å². The van der Waals surface area contributed by atoms with Gasteiger partial charge >= 0.3 is 117 Å². The van der Waals surface area contributed by atoms with Crippen molar-refractivity contribution in [3.63, 3.8) is 0 Å². The minimum absolute atomic E-state index is 1.36. The zero-order chi connectivity index (χ0) is 15.8. The van der Waals surface area contributed by atoms with Gasteiger partial charge in [-0.2, -0.15) is 0 Å². The standard InChI is InChI=1S/C6H5P.5CO.Mo/c7-6-4-2-1-3-5-6;5*1-2;/h1-5H;;;;;;. The predicted molar refractivity (Wildman–Crippen MR) is 52.6 cm³/mol. The molecule has 0 fully saturated rings. The van der Waals surface area contributed by atoms with Gasteiger partial charge in [0.2, 0.25) is 0 Å². The molecule has 0 atom stereocenters. The molecule has 0 radical (unpaired) electrons. The van der Waals surface area contributed by atoms with Crippen molar-refractivity contribution >= 4 is 11.5 Å². The first-order valence-electron chi connectivity index (χ1n) is 3.34. The van der Waals surface area contributed by atoms with Crippen LogP contribution in [0.15, 0.2) is 30.3 Å². The van der Waals surface area contributed by atoms with Gasteiger partial charge < -0.3 is 0 Å². The maximum absolute atomic E-state index is 7.50. The first-order chi connectivity index (χ1) is 8.93. The van der Waals surface area contributed by atoms with Crippen molar-refractivity contribution < 1.29 is 42.1 Å². The molecule has 1 rings (SSSR count). The molecule has 0 aliphatic rings. The Balaban J connectivity index is -0.0000000482. The van der Waals surface area contributed by atoms with E-state index < -0.39 is 0 Å². The molecule has 0 bridgehead atoms. The fourth-order valence-electron chi connectivity index (χ4n) is 0.489. The van der Waals surface area contributed by atoms with Gasteiger partial charge in [0.15, 0.2) is 0 Å². The van der Waals surface area contributed by atoms with Crippen molar-refractivity contribution in [3.8, 4) is 0 Å². The fraction of sp³-hybridized carbons (Fsp3) is 0. The normalized spacial score (nSPS) is 4.78. The van der Waals surface area contributed by atoms with Gasteiger partial charge in [0.05, 0.1) is 0 Å². The third kappa shape index (κ3) is 36.3. The van der Waals surface area contributed by atoms with Crippen molar-refractivity contribution in [2.45, 2.75) is 0 Å². The molecule has 0 unspecified atom stereocenters.